The molecule has 1 unspecified atom stereocenters. The minimum atomic E-state index is 0.383. The van der Waals surface area contributed by atoms with Crippen LogP contribution in [-0.2, 0) is 19.4 Å². The van der Waals surface area contributed by atoms with Crippen LogP contribution in [0.4, 0.5) is 0 Å². The molecule has 168 valence electrons. The highest BCUT2D eigenvalue weighted by atomic mass is 15.3. The third-order valence-electron chi connectivity index (χ3n) is 6.51. The summed E-state index contributed by atoms with van der Waals surface area (Å²) in [5, 5.41) is 15.9. The lowest BCUT2D eigenvalue weighted by Crippen LogP contribution is -2.43. The Balaban J connectivity index is 1.25. The molecule has 2 aromatic rings. The number of benzene rings is 1. The second kappa shape index (κ2) is 11.3. The Labute approximate surface area is 186 Å². The molecule has 0 aliphatic carbocycles. The normalized spacial score (nSPS) is 18.4. The van der Waals surface area contributed by atoms with Crippen LogP contribution in [0.25, 0.3) is 0 Å². The van der Waals surface area contributed by atoms with E-state index in [4.69, 9.17) is 0 Å². The first-order chi connectivity index (χ1) is 15.3. The van der Waals surface area contributed by atoms with Crippen LogP contribution in [0.5, 0.6) is 0 Å². The Kier molecular flexibility index (Phi) is 7.93. The second-order valence-electron chi connectivity index (χ2n) is 8.65. The largest absolute Gasteiger partial charge is 0.356 e. The number of hydrogen-bond donors (Lipinski definition) is 2. The maximum Gasteiger partial charge on any atom is 0.191 e. The van der Waals surface area contributed by atoms with E-state index in [1.165, 1.54) is 56.6 Å². The van der Waals surface area contributed by atoms with Crippen molar-refractivity contribution in [3.8, 4) is 0 Å². The summed E-state index contributed by atoms with van der Waals surface area (Å²) >= 11 is 0. The van der Waals surface area contributed by atoms with Crippen LogP contribution in [0.2, 0.25) is 0 Å². The summed E-state index contributed by atoms with van der Waals surface area (Å²) in [4.78, 5) is 7.03. The molecule has 1 saturated heterocycles. The summed E-state index contributed by atoms with van der Waals surface area (Å²) in [6.45, 7) is 5.17. The first-order valence-electron chi connectivity index (χ1n) is 12.0. The van der Waals surface area contributed by atoms with Gasteiger partial charge in [-0.05, 0) is 50.8 Å². The molecule has 0 spiro atoms. The molecule has 3 heterocycles. The predicted octanol–water partition coefficient (Wildman–Crippen LogP) is 2.94. The SMILES string of the molecule is CN=C(NCCCc1nnc2n1CCCCC2)NCC(c1ccccc1)N1CCCC1. The van der Waals surface area contributed by atoms with Crippen molar-refractivity contribution in [2.45, 2.75) is 64.0 Å². The topological polar surface area (TPSA) is 70.4 Å². The first kappa shape index (κ1) is 21.8. The number of aryl methyl sites for hydroxylation is 2. The van der Waals surface area contributed by atoms with Crippen LogP contribution in [0.15, 0.2) is 35.3 Å². The number of likely N-dealkylation sites (tertiary alicyclic amines) is 1. The quantitative estimate of drug-likeness (QED) is 0.388. The number of rotatable bonds is 8. The average molecular weight is 424 g/mol. The smallest absolute Gasteiger partial charge is 0.191 e. The zero-order valence-electron chi connectivity index (χ0n) is 18.9. The number of nitrogens with one attached hydrogen (secondary N) is 2. The van der Waals surface area contributed by atoms with E-state index in [1.54, 1.807) is 0 Å². The van der Waals surface area contributed by atoms with Crippen molar-refractivity contribution in [3.05, 3.63) is 47.5 Å². The van der Waals surface area contributed by atoms with E-state index in [2.05, 4.69) is 65.6 Å². The van der Waals surface area contributed by atoms with Crippen LogP contribution in [-0.4, -0.2) is 58.9 Å². The van der Waals surface area contributed by atoms with Gasteiger partial charge in [-0.15, -0.1) is 10.2 Å². The van der Waals surface area contributed by atoms with Crippen molar-refractivity contribution in [1.29, 1.82) is 0 Å². The van der Waals surface area contributed by atoms with Crippen LogP contribution in [0.1, 0.15) is 61.8 Å². The molecule has 1 aromatic heterocycles. The highest BCUT2D eigenvalue weighted by molar-refractivity contribution is 5.79. The van der Waals surface area contributed by atoms with Gasteiger partial charge < -0.3 is 15.2 Å². The van der Waals surface area contributed by atoms with Crippen LogP contribution >= 0.6 is 0 Å². The van der Waals surface area contributed by atoms with E-state index in [-0.39, 0.29) is 0 Å². The number of guanidine groups is 1. The van der Waals surface area contributed by atoms with Gasteiger partial charge in [-0.1, -0.05) is 36.8 Å². The zero-order valence-corrected chi connectivity index (χ0v) is 18.9. The summed E-state index contributed by atoms with van der Waals surface area (Å²) < 4.78 is 2.35. The van der Waals surface area contributed by atoms with Crippen LogP contribution < -0.4 is 10.6 Å². The van der Waals surface area contributed by atoms with Gasteiger partial charge in [-0.3, -0.25) is 9.89 Å². The van der Waals surface area contributed by atoms with Crippen molar-refractivity contribution < 1.29 is 0 Å². The summed E-state index contributed by atoms with van der Waals surface area (Å²) in [5.74, 6) is 3.19. The molecule has 7 nitrogen and oxygen atoms in total. The molecule has 2 N–H and O–H groups in total. The third-order valence-corrected chi connectivity index (χ3v) is 6.51. The van der Waals surface area contributed by atoms with Gasteiger partial charge in [0.25, 0.3) is 0 Å². The van der Waals surface area contributed by atoms with E-state index in [1.807, 2.05) is 7.05 Å². The lowest BCUT2D eigenvalue weighted by molar-refractivity contribution is 0.245. The van der Waals surface area contributed by atoms with Gasteiger partial charge in [0.15, 0.2) is 5.96 Å². The first-order valence-corrected chi connectivity index (χ1v) is 12.0. The molecule has 2 aliphatic rings. The van der Waals surface area contributed by atoms with E-state index in [0.717, 1.165) is 50.7 Å². The molecule has 31 heavy (non-hydrogen) atoms. The fraction of sp³-hybridized carbons (Fsp3) is 0.625. The van der Waals surface area contributed by atoms with Gasteiger partial charge >= 0.3 is 0 Å². The number of aromatic nitrogens is 3. The minimum Gasteiger partial charge on any atom is -0.356 e. The fourth-order valence-electron chi connectivity index (χ4n) is 4.78. The van der Waals surface area contributed by atoms with Crippen LogP contribution in [0, 0.1) is 0 Å². The molecule has 0 bridgehead atoms. The number of hydrogen-bond acceptors (Lipinski definition) is 4. The summed E-state index contributed by atoms with van der Waals surface area (Å²) in [6.07, 6.45) is 9.42. The molecule has 2 aliphatic heterocycles. The van der Waals surface area contributed by atoms with E-state index < -0.39 is 0 Å². The summed E-state index contributed by atoms with van der Waals surface area (Å²) in [6, 6.07) is 11.2. The van der Waals surface area contributed by atoms with Crippen LogP contribution in [0.3, 0.4) is 0 Å². The molecule has 0 radical (unpaired) electrons. The van der Waals surface area contributed by atoms with Crippen molar-refractivity contribution >= 4 is 5.96 Å². The molecular formula is C24H37N7. The Hall–Kier alpha value is -2.41. The van der Waals surface area contributed by atoms with Gasteiger partial charge in [0.2, 0.25) is 0 Å². The minimum absolute atomic E-state index is 0.383. The molecular weight excluding hydrogens is 386 g/mol. The molecule has 1 atom stereocenters. The molecule has 7 heteroatoms. The standard InChI is InChI=1S/C24H37N7/c1-25-24(26-15-10-14-23-29-28-22-13-6-3-7-18-31(22)23)27-19-21(30-16-8-9-17-30)20-11-4-2-5-12-20/h2,4-5,11-12,21H,3,6-10,13-19H2,1H3,(H2,25,26,27). The van der Waals surface area contributed by atoms with E-state index in [9.17, 15) is 0 Å². The van der Waals surface area contributed by atoms with E-state index in [0.29, 0.717) is 6.04 Å². The zero-order chi connectivity index (χ0) is 21.3. The van der Waals surface area contributed by atoms with Gasteiger partial charge in [0, 0.05) is 39.5 Å². The number of nitrogens with zero attached hydrogens (tertiary/aromatic N) is 5. The van der Waals surface area contributed by atoms with Crippen molar-refractivity contribution in [2.24, 2.45) is 4.99 Å². The van der Waals surface area contributed by atoms with Gasteiger partial charge in [-0.2, -0.15) is 0 Å². The van der Waals surface area contributed by atoms with Gasteiger partial charge in [0.1, 0.15) is 11.6 Å². The molecule has 1 aromatic carbocycles. The Morgan fingerprint density at radius 3 is 2.61 bits per heavy atom. The van der Waals surface area contributed by atoms with E-state index >= 15 is 0 Å². The molecule has 1 fully saturated rings. The molecule has 4 rings (SSSR count). The average Bonchev–Trinajstić information content (AvgIpc) is 3.41. The second-order valence-corrected chi connectivity index (χ2v) is 8.65. The summed E-state index contributed by atoms with van der Waals surface area (Å²) in [7, 11) is 1.85. The fourth-order valence-corrected chi connectivity index (χ4v) is 4.78. The maximum absolute atomic E-state index is 4.45. The predicted molar refractivity (Wildman–Crippen MR) is 125 cm³/mol. The summed E-state index contributed by atoms with van der Waals surface area (Å²) in [5.41, 5.74) is 1.37. The third kappa shape index (κ3) is 5.85. The number of fused-ring (bicyclic) bond motifs is 1. The van der Waals surface area contributed by atoms with Gasteiger partial charge in [0.05, 0.1) is 6.04 Å². The maximum atomic E-state index is 4.45. The van der Waals surface area contributed by atoms with Gasteiger partial charge in [-0.25, -0.2) is 0 Å². The highest BCUT2D eigenvalue weighted by Gasteiger charge is 2.23. The Morgan fingerprint density at radius 2 is 1.81 bits per heavy atom. The monoisotopic (exact) mass is 423 g/mol. The van der Waals surface area contributed by atoms with Crippen molar-refractivity contribution in [2.75, 3.05) is 33.2 Å². The highest BCUT2D eigenvalue weighted by Crippen LogP contribution is 2.24. The van der Waals surface area contributed by atoms with Crippen molar-refractivity contribution in [1.82, 2.24) is 30.3 Å². The molecule has 0 amide bonds. The molecule has 0 saturated carbocycles. The Bertz CT molecular complexity index is 824. The lowest BCUT2D eigenvalue weighted by atomic mass is 10.1. The Morgan fingerprint density at radius 1 is 1.00 bits per heavy atom. The number of aliphatic imine (C=N–C) groups is 1. The lowest BCUT2D eigenvalue weighted by Gasteiger charge is -2.29. The van der Waals surface area contributed by atoms with Crippen molar-refractivity contribution in [3.63, 3.8) is 0 Å².